The molecule has 2 unspecified atom stereocenters. The van der Waals surface area contributed by atoms with E-state index in [4.69, 9.17) is 4.74 Å². The van der Waals surface area contributed by atoms with E-state index in [-0.39, 0.29) is 35.3 Å². The molecule has 2 atom stereocenters. The van der Waals surface area contributed by atoms with Gasteiger partial charge in [0.1, 0.15) is 16.9 Å². The average Bonchev–Trinajstić information content (AvgIpc) is 3.35. The van der Waals surface area contributed by atoms with E-state index in [0.717, 1.165) is 17.1 Å². The van der Waals surface area contributed by atoms with E-state index in [9.17, 15) is 14.0 Å². The van der Waals surface area contributed by atoms with Crippen LogP contribution in [0.4, 0.5) is 10.1 Å². The van der Waals surface area contributed by atoms with Crippen LogP contribution in [0, 0.1) is 11.7 Å². The summed E-state index contributed by atoms with van der Waals surface area (Å²) in [6.45, 7) is 1.00. The number of halogens is 1. The lowest BCUT2D eigenvalue weighted by Gasteiger charge is -2.27. The number of methoxy groups -OCH3 is 1. The van der Waals surface area contributed by atoms with Gasteiger partial charge in [-0.05, 0) is 42.0 Å². The second-order valence-corrected chi connectivity index (χ2v) is 8.10. The minimum Gasteiger partial charge on any atom is -0.497 e. The maximum atomic E-state index is 13.2. The molecule has 0 bridgehead atoms. The molecular formula is C21H21FN2O3S. The van der Waals surface area contributed by atoms with Gasteiger partial charge in [-0.25, -0.2) is 4.39 Å². The quantitative estimate of drug-likeness (QED) is 0.789. The smallest absolute Gasteiger partial charge is 0.229 e. The van der Waals surface area contributed by atoms with Gasteiger partial charge in [-0.2, -0.15) is 0 Å². The molecule has 0 saturated carbocycles. The van der Waals surface area contributed by atoms with Gasteiger partial charge in [0.15, 0.2) is 0 Å². The van der Waals surface area contributed by atoms with Crippen LogP contribution in [0.15, 0.2) is 48.5 Å². The Labute approximate surface area is 167 Å². The van der Waals surface area contributed by atoms with Crippen LogP contribution in [0.5, 0.6) is 5.75 Å². The van der Waals surface area contributed by atoms with E-state index in [1.807, 2.05) is 29.2 Å². The summed E-state index contributed by atoms with van der Waals surface area (Å²) in [5.74, 6) is 0.823. The molecule has 146 valence electrons. The summed E-state index contributed by atoms with van der Waals surface area (Å²) >= 11 is 1.73. The van der Waals surface area contributed by atoms with Crippen LogP contribution in [0.2, 0.25) is 0 Å². The maximum absolute atomic E-state index is 13.2. The monoisotopic (exact) mass is 400 g/mol. The Kier molecular flexibility index (Phi) is 5.26. The largest absolute Gasteiger partial charge is 0.497 e. The Morgan fingerprint density at radius 1 is 1.14 bits per heavy atom. The molecule has 0 aliphatic carbocycles. The van der Waals surface area contributed by atoms with Gasteiger partial charge in [-0.15, -0.1) is 11.8 Å². The van der Waals surface area contributed by atoms with Crippen molar-refractivity contribution < 1.29 is 18.7 Å². The zero-order valence-corrected chi connectivity index (χ0v) is 16.3. The van der Waals surface area contributed by atoms with Gasteiger partial charge in [0, 0.05) is 31.0 Å². The van der Waals surface area contributed by atoms with Gasteiger partial charge in [0.05, 0.1) is 13.0 Å². The third kappa shape index (κ3) is 3.58. The first-order valence-corrected chi connectivity index (χ1v) is 10.2. The first kappa shape index (κ1) is 18.8. The average molecular weight is 400 g/mol. The number of rotatable bonds is 4. The molecule has 2 fully saturated rings. The topological polar surface area (TPSA) is 49.9 Å². The molecule has 2 aromatic rings. The molecule has 2 aliphatic rings. The van der Waals surface area contributed by atoms with Crippen LogP contribution >= 0.6 is 11.8 Å². The van der Waals surface area contributed by atoms with E-state index >= 15 is 0 Å². The first-order chi connectivity index (χ1) is 13.6. The lowest BCUT2D eigenvalue weighted by atomic mass is 10.1. The van der Waals surface area contributed by atoms with Crippen molar-refractivity contribution >= 4 is 29.3 Å². The standard InChI is InChI=1S/C21H21FN2O3S/c1-27-18-8-2-14(3-9-18)21-23(10-11-28-21)20(26)15-12-19(25)24(13-15)17-6-4-16(22)5-7-17/h2-9,15,21H,10-13H2,1H3. The maximum Gasteiger partial charge on any atom is 0.229 e. The lowest BCUT2D eigenvalue weighted by Crippen LogP contribution is -2.37. The van der Waals surface area contributed by atoms with Crippen LogP contribution in [0.1, 0.15) is 17.4 Å². The molecule has 0 radical (unpaired) electrons. The number of carbonyl (C=O) groups excluding carboxylic acids is 2. The highest BCUT2D eigenvalue weighted by atomic mass is 32.2. The Bertz CT molecular complexity index is 872. The minimum atomic E-state index is -0.378. The van der Waals surface area contributed by atoms with Crippen molar-refractivity contribution in [3.05, 3.63) is 59.9 Å². The van der Waals surface area contributed by atoms with Gasteiger partial charge in [0.25, 0.3) is 0 Å². The molecule has 2 heterocycles. The summed E-state index contributed by atoms with van der Waals surface area (Å²) in [5, 5.41) is -0.0478. The Morgan fingerprint density at radius 3 is 2.54 bits per heavy atom. The third-order valence-electron chi connectivity index (χ3n) is 5.19. The van der Waals surface area contributed by atoms with Crippen LogP contribution in [0.3, 0.4) is 0 Å². The van der Waals surface area contributed by atoms with Crippen molar-refractivity contribution in [3.63, 3.8) is 0 Å². The molecule has 4 rings (SSSR count). The van der Waals surface area contributed by atoms with Crippen LogP contribution in [0.25, 0.3) is 0 Å². The molecule has 2 aromatic carbocycles. The molecule has 7 heteroatoms. The van der Waals surface area contributed by atoms with Gasteiger partial charge < -0.3 is 14.5 Å². The highest BCUT2D eigenvalue weighted by Crippen LogP contribution is 2.40. The molecule has 2 aliphatic heterocycles. The molecule has 0 aromatic heterocycles. The van der Waals surface area contributed by atoms with Crippen LogP contribution in [-0.2, 0) is 9.59 Å². The summed E-state index contributed by atoms with van der Waals surface area (Å²) in [5.41, 5.74) is 1.68. The Balaban J connectivity index is 1.48. The fraction of sp³-hybridized carbons (Fsp3) is 0.333. The SMILES string of the molecule is COc1ccc(C2SCCN2C(=O)C2CC(=O)N(c3ccc(F)cc3)C2)cc1. The highest BCUT2D eigenvalue weighted by molar-refractivity contribution is 7.99. The molecule has 2 saturated heterocycles. The zero-order valence-electron chi connectivity index (χ0n) is 15.5. The van der Waals surface area contributed by atoms with Gasteiger partial charge in [-0.1, -0.05) is 12.1 Å². The molecule has 0 spiro atoms. The van der Waals surface area contributed by atoms with Crippen molar-refractivity contribution in [2.75, 3.05) is 30.9 Å². The second-order valence-electron chi connectivity index (χ2n) is 6.91. The number of hydrogen-bond donors (Lipinski definition) is 0. The van der Waals surface area contributed by atoms with Crippen molar-refractivity contribution in [2.24, 2.45) is 5.92 Å². The molecule has 0 N–H and O–H groups in total. The van der Waals surface area contributed by atoms with Crippen molar-refractivity contribution in [1.82, 2.24) is 4.90 Å². The molecule has 28 heavy (non-hydrogen) atoms. The van der Waals surface area contributed by atoms with Crippen molar-refractivity contribution in [2.45, 2.75) is 11.8 Å². The summed E-state index contributed by atoms with van der Waals surface area (Å²) < 4.78 is 18.4. The highest BCUT2D eigenvalue weighted by Gasteiger charge is 2.40. The number of anilines is 1. The van der Waals surface area contributed by atoms with E-state index in [1.54, 1.807) is 35.9 Å². The van der Waals surface area contributed by atoms with Crippen molar-refractivity contribution in [1.29, 1.82) is 0 Å². The Hall–Kier alpha value is -2.54. The van der Waals surface area contributed by atoms with Crippen LogP contribution in [-0.4, -0.2) is 42.7 Å². The zero-order chi connectivity index (χ0) is 19.7. The van der Waals surface area contributed by atoms with Gasteiger partial charge in [-0.3, -0.25) is 9.59 Å². The predicted octanol–water partition coefficient (Wildman–Crippen LogP) is 3.46. The number of carbonyl (C=O) groups is 2. The summed E-state index contributed by atoms with van der Waals surface area (Å²) in [6.07, 6.45) is 0.187. The number of ether oxygens (including phenoxy) is 1. The number of amides is 2. The van der Waals surface area contributed by atoms with Gasteiger partial charge in [0.2, 0.25) is 11.8 Å². The Morgan fingerprint density at radius 2 is 1.86 bits per heavy atom. The number of thioether (sulfide) groups is 1. The predicted molar refractivity (Wildman–Crippen MR) is 107 cm³/mol. The number of benzene rings is 2. The van der Waals surface area contributed by atoms with E-state index in [0.29, 0.717) is 18.8 Å². The lowest BCUT2D eigenvalue weighted by molar-refractivity contribution is -0.136. The summed E-state index contributed by atoms with van der Waals surface area (Å²) in [4.78, 5) is 29.1. The van der Waals surface area contributed by atoms with E-state index in [1.165, 1.54) is 12.1 Å². The third-order valence-corrected chi connectivity index (χ3v) is 6.45. The number of hydrogen-bond acceptors (Lipinski definition) is 4. The van der Waals surface area contributed by atoms with Gasteiger partial charge >= 0.3 is 0 Å². The van der Waals surface area contributed by atoms with Crippen molar-refractivity contribution in [3.8, 4) is 5.75 Å². The fourth-order valence-electron chi connectivity index (χ4n) is 3.72. The summed E-state index contributed by atoms with van der Waals surface area (Å²) in [7, 11) is 1.62. The molecule has 2 amide bonds. The minimum absolute atomic E-state index is 0.00350. The number of nitrogens with zero attached hydrogens (tertiary/aromatic N) is 2. The first-order valence-electron chi connectivity index (χ1n) is 9.19. The fourth-order valence-corrected chi connectivity index (χ4v) is 4.98. The molecular weight excluding hydrogens is 379 g/mol. The summed E-state index contributed by atoms with van der Waals surface area (Å²) in [6, 6.07) is 13.6. The normalized spacial score (nSPS) is 22.0. The second kappa shape index (κ2) is 7.83. The van der Waals surface area contributed by atoms with Crippen LogP contribution < -0.4 is 9.64 Å². The molecule has 5 nitrogen and oxygen atoms in total. The van der Waals surface area contributed by atoms with E-state index < -0.39 is 0 Å². The van der Waals surface area contributed by atoms with E-state index in [2.05, 4.69) is 0 Å².